The summed E-state index contributed by atoms with van der Waals surface area (Å²) in [5.74, 6) is 2.19. The van der Waals surface area contributed by atoms with Crippen LogP contribution in [0.25, 0.3) is 0 Å². The average Bonchev–Trinajstić information content (AvgIpc) is 3.59. The van der Waals surface area contributed by atoms with E-state index >= 15 is 0 Å². The van der Waals surface area contributed by atoms with Crippen molar-refractivity contribution in [2.45, 2.75) is 22.1 Å². The molecule has 6 nitrogen and oxygen atoms in total. The predicted molar refractivity (Wildman–Crippen MR) is 135 cm³/mol. The van der Waals surface area contributed by atoms with E-state index in [0.29, 0.717) is 15.9 Å². The molecular formula is C25H18ClN3O3S2. The van der Waals surface area contributed by atoms with Crippen molar-refractivity contribution in [2.75, 3.05) is 11.7 Å². The quantitative estimate of drug-likeness (QED) is 0.312. The van der Waals surface area contributed by atoms with Crippen LogP contribution in [0, 0.1) is 0 Å². The number of benzene rings is 2. The summed E-state index contributed by atoms with van der Waals surface area (Å²) >= 11 is 13.3. The van der Waals surface area contributed by atoms with Crippen LogP contribution in [0.4, 0.5) is 5.69 Å². The Hall–Kier alpha value is -3.20. The van der Waals surface area contributed by atoms with Crippen LogP contribution in [0.1, 0.15) is 23.5 Å². The number of nitrogens with zero attached hydrogens (tertiary/aromatic N) is 2. The fourth-order valence-corrected chi connectivity index (χ4v) is 5.37. The number of anilines is 1. The average molecular weight is 508 g/mol. The number of fused-ring (bicyclic) bond motifs is 1. The Kier molecular flexibility index (Phi) is 5.57. The van der Waals surface area contributed by atoms with Crippen molar-refractivity contribution in [2.24, 2.45) is 0 Å². The molecule has 0 amide bonds. The summed E-state index contributed by atoms with van der Waals surface area (Å²) < 4.78 is 17.4. The molecule has 0 bridgehead atoms. The highest BCUT2D eigenvalue weighted by molar-refractivity contribution is 7.99. The zero-order chi connectivity index (χ0) is 23.1. The second-order valence-corrected chi connectivity index (χ2v) is 9.65. The lowest BCUT2D eigenvalue weighted by Crippen LogP contribution is -2.29. The van der Waals surface area contributed by atoms with Gasteiger partial charge in [-0.3, -0.25) is 4.98 Å². The minimum absolute atomic E-state index is 0.196. The topological polar surface area (TPSA) is 59.8 Å². The van der Waals surface area contributed by atoms with Gasteiger partial charge in [0.05, 0.1) is 11.7 Å². The molecule has 9 heteroatoms. The molecule has 4 heterocycles. The van der Waals surface area contributed by atoms with Gasteiger partial charge in [-0.05, 0) is 72.9 Å². The first kappa shape index (κ1) is 21.3. The van der Waals surface area contributed by atoms with Crippen LogP contribution in [0.3, 0.4) is 0 Å². The van der Waals surface area contributed by atoms with Crippen LogP contribution in [-0.4, -0.2) is 16.9 Å². The van der Waals surface area contributed by atoms with Gasteiger partial charge in [0.25, 0.3) is 0 Å². The van der Waals surface area contributed by atoms with Gasteiger partial charge in [0.15, 0.2) is 21.7 Å². The van der Waals surface area contributed by atoms with Crippen LogP contribution in [-0.2, 0) is 0 Å². The normalized spacial score (nSPS) is 18.9. The molecule has 0 spiro atoms. The summed E-state index contributed by atoms with van der Waals surface area (Å²) in [4.78, 5) is 7.68. The van der Waals surface area contributed by atoms with Gasteiger partial charge in [-0.2, -0.15) is 0 Å². The molecule has 1 fully saturated rings. The first-order chi connectivity index (χ1) is 16.7. The number of thiocarbonyl (C=S) groups is 1. The molecule has 2 atom stereocenters. The van der Waals surface area contributed by atoms with Crippen LogP contribution in [0.5, 0.6) is 11.5 Å². The number of nitrogens with one attached hydrogen (secondary N) is 1. The Morgan fingerprint density at radius 2 is 1.85 bits per heavy atom. The van der Waals surface area contributed by atoms with Crippen molar-refractivity contribution in [1.29, 1.82) is 0 Å². The molecule has 0 saturated carbocycles. The second kappa shape index (κ2) is 8.87. The molecule has 1 N–H and O–H groups in total. The third-order valence-corrected chi connectivity index (χ3v) is 7.15. The van der Waals surface area contributed by atoms with Crippen LogP contribution in [0.2, 0.25) is 5.02 Å². The molecule has 2 aromatic carbocycles. The number of rotatable bonds is 5. The van der Waals surface area contributed by atoms with Crippen molar-refractivity contribution < 1.29 is 13.9 Å². The van der Waals surface area contributed by atoms with Crippen LogP contribution < -0.4 is 19.7 Å². The Morgan fingerprint density at radius 3 is 2.68 bits per heavy atom. The minimum Gasteiger partial charge on any atom is -0.454 e. The van der Waals surface area contributed by atoms with E-state index in [1.165, 1.54) is 11.8 Å². The number of furan rings is 1. The Balaban J connectivity index is 1.38. The SMILES string of the molecule is S=C1N[C@H](c2ccccn2)[C@H](c2ccc(Sc3ccc(Cl)cc3)o2)N1c1ccc2c(c1)OCO2. The lowest BCUT2D eigenvalue weighted by atomic mass is 10.0. The van der Waals surface area contributed by atoms with Crippen molar-refractivity contribution >= 4 is 46.4 Å². The Bertz CT molecular complexity index is 1350. The molecule has 2 aliphatic heterocycles. The second-order valence-electron chi connectivity index (χ2n) is 7.75. The molecule has 6 rings (SSSR count). The van der Waals surface area contributed by atoms with Crippen LogP contribution in [0.15, 0.2) is 93.4 Å². The molecule has 170 valence electrons. The van der Waals surface area contributed by atoms with Gasteiger partial charge in [-0.1, -0.05) is 29.4 Å². The van der Waals surface area contributed by atoms with Gasteiger partial charge in [0, 0.05) is 27.9 Å². The zero-order valence-corrected chi connectivity index (χ0v) is 20.1. The fourth-order valence-electron chi connectivity index (χ4n) is 4.12. The summed E-state index contributed by atoms with van der Waals surface area (Å²) in [7, 11) is 0. The van der Waals surface area contributed by atoms with Gasteiger partial charge < -0.3 is 24.1 Å². The van der Waals surface area contributed by atoms with Gasteiger partial charge in [-0.25, -0.2) is 0 Å². The smallest absolute Gasteiger partial charge is 0.231 e. The molecule has 4 aromatic rings. The molecule has 34 heavy (non-hydrogen) atoms. The van der Waals surface area contributed by atoms with Crippen molar-refractivity contribution in [3.8, 4) is 11.5 Å². The standard InChI is InChI=1S/C25H18ClN3O3S2/c26-15-4-7-17(8-5-15)34-22-11-10-20(32-22)24-23(18-3-1-2-12-27-18)28-25(33)29(24)16-6-9-19-21(13-16)31-14-30-19/h1-13,23-24H,14H2,(H,28,33)/t23-,24+/m1/s1. The third-order valence-electron chi connectivity index (χ3n) is 5.66. The molecule has 1 saturated heterocycles. The van der Waals surface area contributed by atoms with E-state index < -0.39 is 0 Å². The lowest BCUT2D eigenvalue weighted by molar-refractivity contribution is 0.174. The zero-order valence-electron chi connectivity index (χ0n) is 17.7. The van der Waals surface area contributed by atoms with Gasteiger partial charge in [0.2, 0.25) is 6.79 Å². The highest BCUT2D eigenvalue weighted by Gasteiger charge is 2.43. The molecule has 0 unspecified atom stereocenters. The maximum absolute atomic E-state index is 6.35. The number of hydrogen-bond acceptors (Lipinski definition) is 6. The lowest BCUT2D eigenvalue weighted by Gasteiger charge is -2.26. The van der Waals surface area contributed by atoms with E-state index in [4.69, 9.17) is 37.7 Å². The molecule has 2 aromatic heterocycles. The van der Waals surface area contributed by atoms with E-state index in [-0.39, 0.29) is 18.9 Å². The minimum atomic E-state index is -0.248. The molecular weight excluding hydrogens is 490 g/mol. The van der Waals surface area contributed by atoms with Gasteiger partial charge >= 0.3 is 0 Å². The Morgan fingerprint density at radius 1 is 1.00 bits per heavy atom. The number of ether oxygens (including phenoxy) is 2. The van der Waals surface area contributed by atoms with E-state index in [9.17, 15) is 0 Å². The first-order valence-corrected chi connectivity index (χ1v) is 12.2. The molecule has 2 aliphatic rings. The largest absolute Gasteiger partial charge is 0.454 e. The molecule has 0 aliphatic carbocycles. The van der Waals surface area contributed by atoms with E-state index in [0.717, 1.165) is 32.9 Å². The third kappa shape index (κ3) is 3.98. The summed E-state index contributed by atoms with van der Waals surface area (Å²) in [6.45, 7) is 0.213. The summed E-state index contributed by atoms with van der Waals surface area (Å²) in [5.41, 5.74) is 1.76. The van der Waals surface area contributed by atoms with E-state index in [1.807, 2.05) is 77.7 Å². The van der Waals surface area contributed by atoms with Crippen molar-refractivity contribution in [1.82, 2.24) is 10.3 Å². The summed E-state index contributed by atoms with van der Waals surface area (Å²) in [6, 6.07) is 22.9. The highest BCUT2D eigenvalue weighted by atomic mass is 35.5. The monoisotopic (exact) mass is 507 g/mol. The van der Waals surface area contributed by atoms with Crippen molar-refractivity contribution in [3.63, 3.8) is 0 Å². The Labute approximate surface area is 210 Å². The maximum atomic E-state index is 6.35. The highest BCUT2D eigenvalue weighted by Crippen LogP contribution is 2.45. The summed E-state index contributed by atoms with van der Waals surface area (Å²) in [6.07, 6.45) is 1.78. The number of halogens is 1. The predicted octanol–water partition coefficient (Wildman–Crippen LogP) is 6.39. The number of hydrogen-bond donors (Lipinski definition) is 1. The van der Waals surface area contributed by atoms with E-state index in [1.54, 1.807) is 6.20 Å². The first-order valence-electron chi connectivity index (χ1n) is 10.6. The van der Waals surface area contributed by atoms with Gasteiger partial charge in [-0.15, -0.1) is 0 Å². The summed E-state index contributed by atoms with van der Waals surface area (Å²) in [5, 5.41) is 5.51. The maximum Gasteiger partial charge on any atom is 0.231 e. The van der Waals surface area contributed by atoms with E-state index in [2.05, 4.69) is 10.3 Å². The van der Waals surface area contributed by atoms with Crippen molar-refractivity contribution in [3.05, 3.63) is 95.5 Å². The number of aromatic nitrogens is 1. The van der Waals surface area contributed by atoms with Gasteiger partial charge in [0.1, 0.15) is 11.8 Å². The van der Waals surface area contributed by atoms with Crippen LogP contribution >= 0.6 is 35.6 Å². The fraction of sp³-hybridized carbons (Fsp3) is 0.120. The molecule has 0 radical (unpaired) electrons. The number of pyridine rings is 1.